The summed E-state index contributed by atoms with van der Waals surface area (Å²) in [4.78, 5) is 36.0. The molecule has 1 aromatic carbocycles. The van der Waals surface area contributed by atoms with E-state index in [9.17, 15) is 9.59 Å². The van der Waals surface area contributed by atoms with Gasteiger partial charge in [-0.1, -0.05) is 18.2 Å². The molecular weight excluding hydrogens is 330 g/mol. The van der Waals surface area contributed by atoms with Crippen molar-refractivity contribution in [3.63, 3.8) is 0 Å². The Morgan fingerprint density at radius 3 is 3.00 bits per heavy atom. The van der Waals surface area contributed by atoms with Gasteiger partial charge in [0, 0.05) is 49.1 Å². The van der Waals surface area contributed by atoms with E-state index in [1.807, 2.05) is 35.2 Å². The number of benzene rings is 1. The molecule has 0 bridgehead atoms. The zero-order valence-electron chi connectivity index (χ0n) is 14.4. The van der Waals surface area contributed by atoms with Crippen molar-refractivity contribution in [3.05, 3.63) is 69.0 Å². The van der Waals surface area contributed by atoms with Crippen LogP contribution in [-0.2, 0) is 6.54 Å². The highest BCUT2D eigenvalue weighted by atomic mass is 16.1. The van der Waals surface area contributed by atoms with E-state index in [-0.39, 0.29) is 17.2 Å². The molecule has 3 heterocycles. The van der Waals surface area contributed by atoms with Gasteiger partial charge in [-0.05, 0) is 30.4 Å². The van der Waals surface area contributed by atoms with Gasteiger partial charge in [0.2, 0.25) is 0 Å². The summed E-state index contributed by atoms with van der Waals surface area (Å²) < 4.78 is 0. The number of aromatic amines is 2. The van der Waals surface area contributed by atoms with Crippen molar-refractivity contribution in [3.8, 4) is 0 Å². The van der Waals surface area contributed by atoms with Crippen LogP contribution in [0.3, 0.4) is 0 Å². The molecule has 1 aliphatic rings. The molecule has 1 aliphatic heterocycles. The average Bonchev–Trinajstić information content (AvgIpc) is 2.67. The van der Waals surface area contributed by atoms with E-state index in [0.29, 0.717) is 18.9 Å². The summed E-state index contributed by atoms with van der Waals surface area (Å²) in [5.74, 6) is 0.461. The summed E-state index contributed by atoms with van der Waals surface area (Å²) in [6.45, 7) is 2.01. The fourth-order valence-electron chi connectivity index (χ4n) is 3.48. The molecular formula is C19H21N5O2. The molecule has 0 aliphatic carbocycles. The highest BCUT2D eigenvalue weighted by molar-refractivity contribution is 5.78. The zero-order valence-corrected chi connectivity index (χ0v) is 14.4. The van der Waals surface area contributed by atoms with Crippen LogP contribution < -0.4 is 21.3 Å². The van der Waals surface area contributed by atoms with Gasteiger partial charge in [-0.25, -0.2) is 4.98 Å². The molecule has 7 heteroatoms. The van der Waals surface area contributed by atoms with Crippen molar-refractivity contribution >= 4 is 16.7 Å². The topological polar surface area (TPSA) is 93.9 Å². The summed E-state index contributed by atoms with van der Waals surface area (Å²) >= 11 is 0. The van der Waals surface area contributed by atoms with Gasteiger partial charge in [-0.2, -0.15) is 0 Å². The third-order valence-corrected chi connectivity index (χ3v) is 4.82. The number of piperidine rings is 1. The highest BCUT2D eigenvalue weighted by Gasteiger charge is 2.22. The van der Waals surface area contributed by atoms with Gasteiger partial charge in [0.15, 0.2) is 5.82 Å². The summed E-state index contributed by atoms with van der Waals surface area (Å²) in [6, 6.07) is 9.90. The maximum atomic E-state index is 12.3. The lowest BCUT2D eigenvalue weighted by Gasteiger charge is -2.33. The molecule has 0 spiro atoms. The maximum Gasteiger partial charge on any atom is 0.290 e. The van der Waals surface area contributed by atoms with Crippen LogP contribution in [0.25, 0.3) is 10.9 Å². The molecule has 0 amide bonds. The third-order valence-electron chi connectivity index (χ3n) is 4.82. The van der Waals surface area contributed by atoms with Crippen LogP contribution in [0.15, 0.2) is 52.3 Å². The van der Waals surface area contributed by atoms with Crippen LogP contribution in [0.1, 0.15) is 18.4 Å². The Bertz CT molecular complexity index is 1030. The Balaban J connectivity index is 1.46. The monoisotopic (exact) mass is 351 g/mol. The lowest BCUT2D eigenvalue weighted by Crippen LogP contribution is -2.47. The van der Waals surface area contributed by atoms with Gasteiger partial charge in [-0.3, -0.25) is 9.59 Å². The normalized spacial score (nSPS) is 17.5. The zero-order chi connectivity index (χ0) is 17.9. The molecule has 2 aromatic heterocycles. The molecule has 134 valence electrons. The number of nitrogens with zero attached hydrogens (tertiary/aromatic N) is 2. The number of para-hydroxylation sites is 1. The minimum absolute atomic E-state index is 0.0648. The Morgan fingerprint density at radius 1 is 1.23 bits per heavy atom. The second-order valence-corrected chi connectivity index (χ2v) is 6.62. The standard InChI is InChI=1S/C19H21N5O2/c25-18-14(10-13-4-1-2-6-16(13)23-18)11-22-15-5-3-9-24(12-15)17-19(26)21-8-7-20-17/h1-2,4,6-8,10,15,22H,3,5,9,11-12H2,(H,21,26)(H,23,25)/t15-/m1/s1. The van der Waals surface area contributed by atoms with Gasteiger partial charge in [-0.15, -0.1) is 0 Å². The van der Waals surface area contributed by atoms with E-state index >= 15 is 0 Å². The minimum Gasteiger partial charge on any atom is -0.350 e. The van der Waals surface area contributed by atoms with Gasteiger partial charge in [0.1, 0.15) is 0 Å². The number of nitrogens with one attached hydrogen (secondary N) is 3. The van der Waals surface area contributed by atoms with Crippen molar-refractivity contribution in [1.82, 2.24) is 20.3 Å². The Labute approximate surface area is 150 Å². The van der Waals surface area contributed by atoms with Gasteiger partial charge in [0.05, 0.1) is 0 Å². The molecule has 1 saturated heterocycles. The number of aromatic nitrogens is 3. The molecule has 1 fully saturated rings. The van der Waals surface area contributed by atoms with Crippen LogP contribution in [-0.4, -0.2) is 34.1 Å². The fourth-order valence-corrected chi connectivity index (χ4v) is 3.48. The molecule has 0 radical (unpaired) electrons. The predicted molar refractivity (Wildman–Crippen MR) is 102 cm³/mol. The van der Waals surface area contributed by atoms with Crippen LogP contribution in [0.5, 0.6) is 0 Å². The van der Waals surface area contributed by atoms with E-state index in [0.717, 1.165) is 35.9 Å². The van der Waals surface area contributed by atoms with Crippen LogP contribution in [0, 0.1) is 0 Å². The quantitative estimate of drug-likeness (QED) is 0.660. The smallest absolute Gasteiger partial charge is 0.290 e. The van der Waals surface area contributed by atoms with Gasteiger partial charge >= 0.3 is 0 Å². The van der Waals surface area contributed by atoms with Crippen molar-refractivity contribution in [1.29, 1.82) is 0 Å². The largest absolute Gasteiger partial charge is 0.350 e. The van der Waals surface area contributed by atoms with Gasteiger partial charge < -0.3 is 20.2 Å². The Morgan fingerprint density at radius 2 is 2.12 bits per heavy atom. The molecule has 0 saturated carbocycles. The lowest BCUT2D eigenvalue weighted by atomic mass is 10.1. The number of H-pyrrole nitrogens is 2. The minimum atomic E-state index is -0.167. The summed E-state index contributed by atoms with van der Waals surface area (Å²) in [5, 5.41) is 4.48. The second-order valence-electron chi connectivity index (χ2n) is 6.62. The predicted octanol–water partition coefficient (Wildman–Crippen LogP) is 1.37. The van der Waals surface area contributed by atoms with E-state index in [2.05, 4.69) is 20.3 Å². The number of hydrogen-bond acceptors (Lipinski definition) is 5. The third kappa shape index (κ3) is 3.39. The maximum absolute atomic E-state index is 12.3. The van der Waals surface area contributed by atoms with Crippen molar-refractivity contribution in [2.45, 2.75) is 25.4 Å². The lowest BCUT2D eigenvalue weighted by molar-refractivity contribution is 0.419. The Hall–Kier alpha value is -2.93. The van der Waals surface area contributed by atoms with E-state index < -0.39 is 0 Å². The number of rotatable bonds is 4. The molecule has 26 heavy (non-hydrogen) atoms. The molecule has 4 rings (SSSR count). The average molecular weight is 351 g/mol. The fraction of sp³-hybridized carbons (Fsp3) is 0.316. The van der Waals surface area contributed by atoms with Crippen LogP contribution >= 0.6 is 0 Å². The SMILES string of the molecule is O=c1[nH]c2ccccc2cc1CN[C@@H]1CCCN(c2ncc[nH]c2=O)C1. The molecule has 3 aromatic rings. The second kappa shape index (κ2) is 7.13. The first-order valence-electron chi connectivity index (χ1n) is 8.84. The summed E-state index contributed by atoms with van der Waals surface area (Å²) in [7, 11) is 0. The first-order valence-corrected chi connectivity index (χ1v) is 8.84. The highest BCUT2D eigenvalue weighted by Crippen LogP contribution is 2.15. The number of pyridine rings is 1. The summed E-state index contributed by atoms with van der Waals surface area (Å²) in [6.07, 6.45) is 5.12. The van der Waals surface area contributed by atoms with Crippen molar-refractivity contribution in [2.75, 3.05) is 18.0 Å². The first kappa shape index (κ1) is 16.5. The van der Waals surface area contributed by atoms with E-state index in [1.165, 1.54) is 6.20 Å². The van der Waals surface area contributed by atoms with Crippen molar-refractivity contribution in [2.24, 2.45) is 0 Å². The van der Waals surface area contributed by atoms with Crippen LogP contribution in [0.2, 0.25) is 0 Å². The molecule has 7 nitrogen and oxygen atoms in total. The first-order chi connectivity index (χ1) is 12.7. The molecule has 3 N–H and O–H groups in total. The van der Waals surface area contributed by atoms with Gasteiger partial charge in [0.25, 0.3) is 11.1 Å². The molecule has 0 unspecified atom stereocenters. The van der Waals surface area contributed by atoms with E-state index in [4.69, 9.17) is 0 Å². The summed E-state index contributed by atoms with van der Waals surface area (Å²) in [5.41, 5.74) is 1.33. The van der Waals surface area contributed by atoms with Crippen molar-refractivity contribution < 1.29 is 0 Å². The van der Waals surface area contributed by atoms with E-state index in [1.54, 1.807) is 6.20 Å². The Kier molecular flexibility index (Phi) is 4.53. The molecule has 1 atom stereocenters. The number of hydrogen-bond donors (Lipinski definition) is 3. The number of fused-ring (bicyclic) bond motifs is 1. The van der Waals surface area contributed by atoms with Crippen LogP contribution in [0.4, 0.5) is 5.82 Å². The number of anilines is 1.